The molecule has 0 amide bonds. The number of halogens is 2. The molecule has 6 heteroatoms. The lowest BCUT2D eigenvalue weighted by Gasteiger charge is -2.35. The number of pyridine rings is 1. The summed E-state index contributed by atoms with van der Waals surface area (Å²) in [5.74, 6) is 1.46. The summed E-state index contributed by atoms with van der Waals surface area (Å²) in [7, 11) is 0. The highest BCUT2D eigenvalue weighted by molar-refractivity contribution is 6.36. The first-order valence-corrected chi connectivity index (χ1v) is 8.41. The highest BCUT2D eigenvalue weighted by Crippen LogP contribution is 2.38. The summed E-state index contributed by atoms with van der Waals surface area (Å²) in [6, 6.07) is 9.58. The minimum atomic E-state index is 0.0438. The number of fused-ring (bicyclic) bond motifs is 1. The van der Waals surface area contributed by atoms with E-state index >= 15 is 0 Å². The second kappa shape index (κ2) is 6.02. The maximum atomic E-state index is 6.35. The number of benzene rings is 1. The van der Waals surface area contributed by atoms with E-state index in [0.29, 0.717) is 10.0 Å². The predicted octanol–water partition coefficient (Wildman–Crippen LogP) is 5.26. The molecule has 0 spiro atoms. The molecule has 2 aromatic heterocycles. The van der Waals surface area contributed by atoms with Crippen molar-refractivity contribution in [2.75, 3.05) is 11.4 Å². The molecule has 4 rings (SSSR count). The molecule has 118 valence electrons. The molecule has 1 fully saturated rings. The Hall–Kier alpha value is -1.78. The fourth-order valence-corrected chi connectivity index (χ4v) is 3.58. The lowest BCUT2D eigenvalue weighted by atomic mass is 10.0. The zero-order chi connectivity index (χ0) is 15.8. The van der Waals surface area contributed by atoms with Crippen LogP contribution in [0, 0.1) is 0 Å². The van der Waals surface area contributed by atoms with E-state index in [2.05, 4.69) is 14.9 Å². The second-order valence-corrected chi connectivity index (χ2v) is 6.53. The SMILES string of the molecule is Clc1cnc(N2CCCCC2c2nc3ccccc3o2)c(Cl)c1. The van der Waals surface area contributed by atoms with E-state index in [0.717, 1.165) is 48.6 Å². The van der Waals surface area contributed by atoms with Gasteiger partial charge in [0.05, 0.1) is 10.0 Å². The summed E-state index contributed by atoms with van der Waals surface area (Å²) in [5, 5.41) is 1.09. The molecule has 1 unspecified atom stereocenters. The molecule has 0 aliphatic carbocycles. The lowest BCUT2D eigenvalue weighted by Crippen LogP contribution is -2.34. The average Bonchev–Trinajstić information content (AvgIpc) is 2.99. The van der Waals surface area contributed by atoms with Gasteiger partial charge in [-0.05, 0) is 37.5 Å². The molecule has 3 heterocycles. The van der Waals surface area contributed by atoms with E-state index in [1.807, 2.05) is 24.3 Å². The van der Waals surface area contributed by atoms with E-state index in [-0.39, 0.29) is 6.04 Å². The number of nitrogens with zero attached hydrogens (tertiary/aromatic N) is 3. The summed E-state index contributed by atoms with van der Waals surface area (Å²) in [6.07, 6.45) is 4.82. The number of hydrogen-bond donors (Lipinski definition) is 0. The Bertz CT molecular complexity index is 816. The number of rotatable bonds is 2. The molecule has 1 aliphatic rings. The standard InChI is InChI=1S/C17H15Cl2N3O/c18-11-9-12(19)16(20-10-11)22-8-4-3-6-14(22)17-21-13-5-1-2-7-15(13)23-17/h1-2,5,7,9-10,14H,3-4,6,8H2. The van der Waals surface area contributed by atoms with Gasteiger partial charge in [-0.1, -0.05) is 35.3 Å². The van der Waals surface area contributed by atoms with Crippen LogP contribution in [-0.4, -0.2) is 16.5 Å². The van der Waals surface area contributed by atoms with Gasteiger partial charge in [0.2, 0.25) is 5.89 Å². The minimum absolute atomic E-state index is 0.0438. The molecular formula is C17H15Cl2N3O. The molecule has 1 aliphatic heterocycles. The van der Waals surface area contributed by atoms with Gasteiger partial charge in [-0.3, -0.25) is 0 Å². The Labute approximate surface area is 144 Å². The van der Waals surface area contributed by atoms with Gasteiger partial charge in [-0.25, -0.2) is 9.97 Å². The second-order valence-electron chi connectivity index (χ2n) is 5.68. The highest BCUT2D eigenvalue weighted by Gasteiger charge is 2.30. The molecule has 0 N–H and O–H groups in total. The largest absolute Gasteiger partial charge is 0.438 e. The van der Waals surface area contributed by atoms with Gasteiger partial charge in [-0.15, -0.1) is 0 Å². The summed E-state index contributed by atoms with van der Waals surface area (Å²) in [6.45, 7) is 0.873. The Morgan fingerprint density at radius 1 is 1.17 bits per heavy atom. The number of para-hydroxylation sites is 2. The van der Waals surface area contributed by atoms with Crippen LogP contribution >= 0.6 is 23.2 Å². The maximum absolute atomic E-state index is 6.35. The molecule has 23 heavy (non-hydrogen) atoms. The first kappa shape index (κ1) is 14.8. The van der Waals surface area contributed by atoms with Crippen molar-refractivity contribution >= 4 is 40.1 Å². The predicted molar refractivity (Wildman–Crippen MR) is 92.2 cm³/mol. The van der Waals surface area contributed by atoms with Crippen LogP contribution in [0.1, 0.15) is 31.2 Å². The van der Waals surface area contributed by atoms with Crippen LogP contribution in [0.5, 0.6) is 0 Å². The van der Waals surface area contributed by atoms with Crippen molar-refractivity contribution in [3.63, 3.8) is 0 Å². The molecule has 1 atom stereocenters. The normalized spacial score (nSPS) is 18.5. The van der Waals surface area contributed by atoms with Crippen molar-refractivity contribution in [2.45, 2.75) is 25.3 Å². The molecule has 0 bridgehead atoms. The molecule has 1 saturated heterocycles. The third kappa shape index (κ3) is 2.77. The van der Waals surface area contributed by atoms with Crippen molar-refractivity contribution in [1.82, 2.24) is 9.97 Å². The van der Waals surface area contributed by atoms with Crippen molar-refractivity contribution in [2.24, 2.45) is 0 Å². The average molecular weight is 348 g/mol. The van der Waals surface area contributed by atoms with Crippen molar-refractivity contribution in [1.29, 1.82) is 0 Å². The van der Waals surface area contributed by atoms with Crippen LogP contribution in [0.2, 0.25) is 10.0 Å². The summed E-state index contributed by atoms with van der Waals surface area (Å²) >= 11 is 12.3. The quantitative estimate of drug-likeness (QED) is 0.633. The number of hydrogen-bond acceptors (Lipinski definition) is 4. The van der Waals surface area contributed by atoms with Crippen LogP contribution < -0.4 is 4.90 Å². The molecule has 0 radical (unpaired) electrons. The van der Waals surface area contributed by atoms with Crippen LogP contribution in [0.3, 0.4) is 0 Å². The van der Waals surface area contributed by atoms with E-state index in [4.69, 9.17) is 27.6 Å². The Kier molecular flexibility index (Phi) is 3.87. The summed E-state index contributed by atoms with van der Waals surface area (Å²) < 4.78 is 5.97. The van der Waals surface area contributed by atoms with E-state index in [1.54, 1.807) is 12.3 Å². The number of anilines is 1. The topological polar surface area (TPSA) is 42.2 Å². The fraction of sp³-hybridized carbons (Fsp3) is 0.294. The molecule has 3 aromatic rings. The van der Waals surface area contributed by atoms with Gasteiger partial charge in [0, 0.05) is 12.7 Å². The first-order chi connectivity index (χ1) is 11.2. The first-order valence-electron chi connectivity index (χ1n) is 7.65. The van der Waals surface area contributed by atoms with Gasteiger partial charge >= 0.3 is 0 Å². The van der Waals surface area contributed by atoms with Gasteiger partial charge in [0.25, 0.3) is 0 Å². The number of aromatic nitrogens is 2. The fourth-order valence-electron chi connectivity index (χ4n) is 3.09. The molecule has 0 saturated carbocycles. The smallest absolute Gasteiger partial charge is 0.218 e. The summed E-state index contributed by atoms with van der Waals surface area (Å²) in [5.41, 5.74) is 1.69. The monoisotopic (exact) mass is 347 g/mol. The van der Waals surface area contributed by atoms with Crippen LogP contribution in [0.25, 0.3) is 11.1 Å². The van der Waals surface area contributed by atoms with Crippen molar-refractivity contribution < 1.29 is 4.42 Å². The van der Waals surface area contributed by atoms with E-state index < -0.39 is 0 Å². The highest BCUT2D eigenvalue weighted by atomic mass is 35.5. The van der Waals surface area contributed by atoms with Crippen molar-refractivity contribution in [3.8, 4) is 0 Å². The number of oxazole rings is 1. The van der Waals surface area contributed by atoms with Gasteiger partial charge in [0.15, 0.2) is 5.58 Å². The van der Waals surface area contributed by atoms with E-state index in [1.165, 1.54) is 0 Å². The van der Waals surface area contributed by atoms with Crippen LogP contribution in [-0.2, 0) is 0 Å². The Morgan fingerprint density at radius 3 is 2.87 bits per heavy atom. The summed E-state index contributed by atoms with van der Waals surface area (Å²) in [4.78, 5) is 11.3. The zero-order valence-corrected chi connectivity index (χ0v) is 13.9. The molecule has 1 aromatic carbocycles. The lowest BCUT2D eigenvalue weighted by molar-refractivity contribution is 0.389. The third-order valence-electron chi connectivity index (χ3n) is 4.16. The van der Waals surface area contributed by atoms with Gasteiger partial charge in [0.1, 0.15) is 17.4 Å². The third-order valence-corrected chi connectivity index (χ3v) is 4.64. The Morgan fingerprint density at radius 2 is 2.04 bits per heavy atom. The maximum Gasteiger partial charge on any atom is 0.218 e. The molecular weight excluding hydrogens is 333 g/mol. The van der Waals surface area contributed by atoms with Crippen molar-refractivity contribution in [3.05, 3.63) is 52.5 Å². The molecule has 4 nitrogen and oxygen atoms in total. The Balaban J connectivity index is 1.75. The number of piperidine rings is 1. The van der Waals surface area contributed by atoms with Gasteiger partial charge < -0.3 is 9.32 Å². The minimum Gasteiger partial charge on any atom is -0.438 e. The van der Waals surface area contributed by atoms with Gasteiger partial charge in [-0.2, -0.15) is 0 Å². The van der Waals surface area contributed by atoms with Crippen LogP contribution in [0.15, 0.2) is 40.9 Å². The van der Waals surface area contributed by atoms with E-state index in [9.17, 15) is 0 Å². The van der Waals surface area contributed by atoms with Crippen LogP contribution in [0.4, 0.5) is 5.82 Å². The zero-order valence-electron chi connectivity index (χ0n) is 12.4.